The minimum absolute atomic E-state index is 0.0918. The number of phenolic OH excluding ortho intramolecular Hbond substituents is 2. The van der Waals surface area contributed by atoms with Crippen LogP contribution in [0.1, 0.15) is 35.1 Å². The van der Waals surface area contributed by atoms with Gasteiger partial charge < -0.3 is 34.6 Å². The number of phenols is 2. The van der Waals surface area contributed by atoms with Crippen LogP contribution in [0.2, 0.25) is 0 Å². The second-order valence-corrected chi connectivity index (χ2v) is 6.46. The van der Waals surface area contributed by atoms with Crippen LogP contribution in [0, 0.1) is 0 Å². The number of aromatic hydroxyl groups is 2. The van der Waals surface area contributed by atoms with E-state index in [0.717, 1.165) is 11.1 Å². The Morgan fingerprint density at radius 3 is 2.37 bits per heavy atom. The van der Waals surface area contributed by atoms with Crippen LogP contribution in [-0.4, -0.2) is 47.9 Å². The van der Waals surface area contributed by atoms with E-state index in [-0.39, 0.29) is 36.4 Å². The molecule has 0 aromatic heterocycles. The van der Waals surface area contributed by atoms with Crippen molar-refractivity contribution in [3.63, 3.8) is 0 Å². The third kappa shape index (κ3) is 3.48. The third-order valence-electron chi connectivity index (χ3n) is 4.82. The summed E-state index contributed by atoms with van der Waals surface area (Å²) in [5, 5.41) is 39.0. The molecule has 2 aromatic rings. The topological polar surface area (TPSA) is 109 Å². The minimum Gasteiger partial charge on any atom is -0.504 e. The van der Waals surface area contributed by atoms with Crippen molar-refractivity contribution in [1.29, 1.82) is 0 Å². The Hall–Kier alpha value is -2.64. The van der Waals surface area contributed by atoms with Gasteiger partial charge in [0, 0.05) is 17.7 Å². The standard InChI is InChI=1S/C20H24O7/c1-25-16-9-12(8-15(23)18(16)24)19-14(10-22)13-6-11(4-3-5-21)7-17(26-2)20(13)27-19/h6-9,14,19,21-24H,3-5,10H2,1-2H3/t14-,19+/m1/s1. The van der Waals surface area contributed by atoms with Crippen LogP contribution in [0.15, 0.2) is 24.3 Å². The molecule has 7 heteroatoms. The van der Waals surface area contributed by atoms with Gasteiger partial charge in [-0.15, -0.1) is 0 Å². The number of fused-ring (bicyclic) bond motifs is 1. The van der Waals surface area contributed by atoms with E-state index in [2.05, 4.69) is 0 Å². The van der Waals surface area contributed by atoms with Crippen LogP contribution >= 0.6 is 0 Å². The lowest BCUT2D eigenvalue weighted by Gasteiger charge is -2.19. The number of ether oxygens (including phenoxy) is 3. The smallest absolute Gasteiger partial charge is 0.200 e. The molecule has 1 heterocycles. The highest BCUT2D eigenvalue weighted by atomic mass is 16.5. The quantitative estimate of drug-likeness (QED) is 0.549. The fraction of sp³-hybridized carbons (Fsp3) is 0.400. The van der Waals surface area contributed by atoms with Crippen LogP contribution in [0.3, 0.4) is 0 Å². The van der Waals surface area contributed by atoms with Gasteiger partial charge in [-0.1, -0.05) is 6.07 Å². The maximum Gasteiger partial charge on any atom is 0.200 e. The molecule has 1 aliphatic heterocycles. The lowest BCUT2D eigenvalue weighted by Crippen LogP contribution is -2.13. The Kier molecular flexibility index (Phi) is 5.62. The maximum atomic E-state index is 10.0. The number of rotatable bonds is 7. The summed E-state index contributed by atoms with van der Waals surface area (Å²) >= 11 is 0. The van der Waals surface area contributed by atoms with Gasteiger partial charge in [-0.25, -0.2) is 0 Å². The number of aryl methyl sites for hydroxylation is 1. The lowest BCUT2D eigenvalue weighted by molar-refractivity contribution is 0.156. The highest BCUT2D eigenvalue weighted by Crippen LogP contribution is 2.52. The molecule has 0 saturated heterocycles. The maximum absolute atomic E-state index is 10.0. The molecule has 0 spiro atoms. The van der Waals surface area contributed by atoms with Gasteiger partial charge >= 0.3 is 0 Å². The average molecular weight is 376 g/mol. The molecule has 0 unspecified atom stereocenters. The first-order valence-corrected chi connectivity index (χ1v) is 8.73. The van der Waals surface area contributed by atoms with Crippen molar-refractivity contribution in [3.8, 4) is 28.7 Å². The first-order chi connectivity index (χ1) is 13.0. The Balaban J connectivity index is 2.04. The molecule has 4 N–H and O–H groups in total. The summed E-state index contributed by atoms with van der Waals surface area (Å²) in [6.45, 7) is -0.0806. The molecular formula is C20H24O7. The molecule has 0 fully saturated rings. The van der Waals surface area contributed by atoms with Crippen LogP contribution in [-0.2, 0) is 6.42 Å². The second-order valence-electron chi connectivity index (χ2n) is 6.46. The highest BCUT2D eigenvalue weighted by Gasteiger charge is 2.38. The fourth-order valence-corrected chi connectivity index (χ4v) is 3.46. The second kappa shape index (κ2) is 7.94. The van der Waals surface area contributed by atoms with Crippen molar-refractivity contribution in [1.82, 2.24) is 0 Å². The number of aliphatic hydroxyl groups excluding tert-OH is 2. The van der Waals surface area contributed by atoms with Gasteiger partial charge in [0.15, 0.2) is 23.0 Å². The number of benzene rings is 2. The molecule has 0 radical (unpaired) electrons. The third-order valence-corrected chi connectivity index (χ3v) is 4.82. The van der Waals surface area contributed by atoms with Crippen molar-refractivity contribution in [2.24, 2.45) is 0 Å². The van der Waals surface area contributed by atoms with Crippen molar-refractivity contribution in [2.75, 3.05) is 27.4 Å². The summed E-state index contributed by atoms with van der Waals surface area (Å²) in [5.41, 5.74) is 2.35. The van der Waals surface area contributed by atoms with E-state index in [1.54, 1.807) is 13.2 Å². The normalized spacial score (nSPS) is 18.1. The molecule has 146 valence electrons. The summed E-state index contributed by atoms with van der Waals surface area (Å²) in [6.07, 6.45) is 0.725. The van der Waals surface area contributed by atoms with Crippen LogP contribution in [0.25, 0.3) is 0 Å². The van der Waals surface area contributed by atoms with E-state index in [9.17, 15) is 15.3 Å². The molecule has 2 atom stereocenters. The van der Waals surface area contributed by atoms with Crippen molar-refractivity contribution in [2.45, 2.75) is 24.9 Å². The summed E-state index contributed by atoms with van der Waals surface area (Å²) in [5.74, 6) is 0.169. The van der Waals surface area contributed by atoms with Gasteiger partial charge in [0.25, 0.3) is 0 Å². The van der Waals surface area contributed by atoms with Gasteiger partial charge in [0.1, 0.15) is 6.10 Å². The number of methoxy groups -OCH3 is 2. The Morgan fingerprint density at radius 1 is 1.00 bits per heavy atom. The van der Waals surface area contributed by atoms with E-state index in [0.29, 0.717) is 29.9 Å². The predicted octanol–water partition coefficient (Wildman–Crippen LogP) is 2.25. The predicted molar refractivity (Wildman–Crippen MR) is 97.9 cm³/mol. The Morgan fingerprint density at radius 2 is 1.74 bits per heavy atom. The molecule has 7 nitrogen and oxygen atoms in total. The summed E-state index contributed by atoms with van der Waals surface area (Å²) in [4.78, 5) is 0. The van der Waals surface area contributed by atoms with E-state index < -0.39 is 6.10 Å². The zero-order valence-corrected chi connectivity index (χ0v) is 15.3. The fourth-order valence-electron chi connectivity index (χ4n) is 3.46. The number of hydrogen-bond acceptors (Lipinski definition) is 7. The summed E-state index contributed by atoms with van der Waals surface area (Å²) in [7, 11) is 2.94. The molecule has 27 heavy (non-hydrogen) atoms. The van der Waals surface area contributed by atoms with E-state index in [1.807, 2.05) is 12.1 Å². The Labute approximate surface area is 157 Å². The lowest BCUT2D eigenvalue weighted by atomic mass is 9.90. The van der Waals surface area contributed by atoms with Gasteiger partial charge in [0.05, 0.1) is 26.7 Å². The molecule has 2 aromatic carbocycles. The van der Waals surface area contributed by atoms with Gasteiger partial charge in [-0.3, -0.25) is 0 Å². The summed E-state index contributed by atoms with van der Waals surface area (Å²) in [6, 6.07) is 6.79. The molecule has 0 bridgehead atoms. The van der Waals surface area contributed by atoms with Gasteiger partial charge in [0.2, 0.25) is 5.75 Å². The van der Waals surface area contributed by atoms with E-state index >= 15 is 0 Å². The zero-order valence-electron chi connectivity index (χ0n) is 15.3. The molecule has 3 rings (SSSR count). The Bertz CT molecular complexity index is 818. The van der Waals surface area contributed by atoms with Crippen molar-refractivity contribution < 1.29 is 34.6 Å². The van der Waals surface area contributed by atoms with Gasteiger partial charge in [-0.05, 0) is 36.6 Å². The SMILES string of the molecule is COc1cc([C@@H]2Oc3c(OC)cc(CCCO)cc3[C@H]2CO)cc(O)c1O. The molecule has 1 aliphatic rings. The minimum atomic E-state index is -0.576. The first kappa shape index (κ1) is 19.1. The monoisotopic (exact) mass is 376 g/mol. The summed E-state index contributed by atoms with van der Waals surface area (Å²) < 4.78 is 16.7. The molecule has 0 aliphatic carbocycles. The highest BCUT2D eigenvalue weighted by molar-refractivity contribution is 5.57. The molecular weight excluding hydrogens is 352 g/mol. The number of aliphatic hydroxyl groups is 2. The zero-order chi connectivity index (χ0) is 19.6. The van der Waals surface area contributed by atoms with E-state index in [1.165, 1.54) is 13.2 Å². The van der Waals surface area contributed by atoms with Crippen molar-refractivity contribution >= 4 is 0 Å². The van der Waals surface area contributed by atoms with Crippen LogP contribution in [0.5, 0.6) is 28.7 Å². The van der Waals surface area contributed by atoms with Crippen LogP contribution in [0.4, 0.5) is 0 Å². The molecule has 0 amide bonds. The average Bonchev–Trinajstić information content (AvgIpc) is 3.06. The van der Waals surface area contributed by atoms with Crippen molar-refractivity contribution in [3.05, 3.63) is 41.0 Å². The van der Waals surface area contributed by atoms with Crippen LogP contribution < -0.4 is 14.2 Å². The number of hydrogen-bond donors (Lipinski definition) is 4. The van der Waals surface area contributed by atoms with Gasteiger partial charge in [-0.2, -0.15) is 0 Å². The van der Waals surface area contributed by atoms with E-state index in [4.69, 9.17) is 19.3 Å². The first-order valence-electron chi connectivity index (χ1n) is 8.73. The molecule has 0 saturated carbocycles. The largest absolute Gasteiger partial charge is 0.504 e.